The predicted octanol–water partition coefficient (Wildman–Crippen LogP) is 4.69. The lowest BCUT2D eigenvalue weighted by Gasteiger charge is -2.27. The van der Waals surface area contributed by atoms with Crippen LogP contribution >= 0.6 is 11.6 Å². The van der Waals surface area contributed by atoms with Crippen LogP contribution in [0.4, 0.5) is 32.2 Å². The fourth-order valence-corrected chi connectivity index (χ4v) is 2.99. The second-order valence-corrected chi connectivity index (χ2v) is 7.24. The molecule has 0 radical (unpaired) electrons. The van der Waals surface area contributed by atoms with Crippen LogP contribution in [0, 0.1) is 0 Å². The summed E-state index contributed by atoms with van der Waals surface area (Å²) in [4.78, 5) is 27.6. The molecule has 2 N–H and O–H groups in total. The Kier molecular flexibility index (Phi) is 6.22. The number of carbonyl (C=O) groups excluding carboxylic acids is 1. The van der Waals surface area contributed by atoms with E-state index in [2.05, 4.69) is 19.9 Å². The summed E-state index contributed by atoms with van der Waals surface area (Å²) in [5.41, 5.74) is -0.564. The van der Waals surface area contributed by atoms with Gasteiger partial charge in [-0.2, -0.15) is 26.3 Å². The maximum Gasteiger partial charge on any atom is 0.421 e. The SMILES string of the molecule is C[C@@H](C(=O)NCC(F)(F)F)N(C)c1nc(-c2c[nH]c3ncc(Cl)cc23)ncc1C(F)(F)F.[HH].[HH]. The number of likely N-dealkylation sites (N-methyl/N-ethyl adjacent to an activating group) is 1. The summed E-state index contributed by atoms with van der Waals surface area (Å²) in [6, 6.07) is 0.119. The highest BCUT2D eigenvalue weighted by molar-refractivity contribution is 6.31. The number of halogens is 7. The Morgan fingerprint density at radius 3 is 2.56 bits per heavy atom. The highest BCUT2D eigenvalue weighted by Crippen LogP contribution is 2.37. The average Bonchev–Trinajstić information content (AvgIpc) is 3.12. The number of nitrogens with zero attached hydrogens (tertiary/aromatic N) is 4. The number of fused-ring (bicyclic) bond motifs is 1. The third-order valence-electron chi connectivity index (χ3n) is 4.57. The van der Waals surface area contributed by atoms with E-state index in [1.807, 2.05) is 0 Å². The molecule has 1 atom stereocenters. The third-order valence-corrected chi connectivity index (χ3v) is 4.78. The number of carbonyl (C=O) groups is 1. The molecule has 7 nitrogen and oxygen atoms in total. The Morgan fingerprint density at radius 1 is 1.25 bits per heavy atom. The smallest absolute Gasteiger partial charge is 0.347 e. The van der Waals surface area contributed by atoms with Crippen molar-refractivity contribution in [2.45, 2.75) is 25.3 Å². The van der Waals surface area contributed by atoms with Gasteiger partial charge in [0.25, 0.3) is 0 Å². The monoisotopic (exact) mass is 484 g/mol. The van der Waals surface area contributed by atoms with Gasteiger partial charge in [-0.15, -0.1) is 0 Å². The van der Waals surface area contributed by atoms with Gasteiger partial charge in [0.2, 0.25) is 5.91 Å². The van der Waals surface area contributed by atoms with Crippen LogP contribution in [0.5, 0.6) is 0 Å². The van der Waals surface area contributed by atoms with E-state index in [0.717, 1.165) is 18.9 Å². The molecule has 1 amide bonds. The van der Waals surface area contributed by atoms with Crippen molar-refractivity contribution in [1.29, 1.82) is 0 Å². The van der Waals surface area contributed by atoms with Crippen LogP contribution in [0.2, 0.25) is 5.02 Å². The summed E-state index contributed by atoms with van der Waals surface area (Å²) >= 11 is 5.94. The number of rotatable bonds is 5. The van der Waals surface area contributed by atoms with Gasteiger partial charge in [0, 0.05) is 39.4 Å². The molecule has 0 spiro atoms. The van der Waals surface area contributed by atoms with Gasteiger partial charge >= 0.3 is 12.4 Å². The van der Waals surface area contributed by atoms with Crippen LogP contribution in [0.1, 0.15) is 15.3 Å². The highest BCUT2D eigenvalue weighted by atomic mass is 35.5. The molecule has 0 unspecified atom stereocenters. The van der Waals surface area contributed by atoms with Crippen molar-refractivity contribution < 1.29 is 34.0 Å². The van der Waals surface area contributed by atoms with Gasteiger partial charge in [-0.3, -0.25) is 4.79 Å². The van der Waals surface area contributed by atoms with Crippen LogP contribution in [-0.2, 0) is 11.0 Å². The molecular weight excluding hydrogens is 466 g/mol. The summed E-state index contributed by atoms with van der Waals surface area (Å²) in [6.07, 6.45) is -6.20. The largest absolute Gasteiger partial charge is 0.421 e. The molecule has 0 saturated heterocycles. The number of hydrogen-bond donors (Lipinski definition) is 2. The molecule has 0 aliphatic rings. The molecule has 0 aromatic carbocycles. The van der Waals surface area contributed by atoms with E-state index in [0.29, 0.717) is 22.8 Å². The zero-order valence-corrected chi connectivity index (χ0v) is 17.2. The molecule has 32 heavy (non-hydrogen) atoms. The molecule has 0 aliphatic heterocycles. The highest BCUT2D eigenvalue weighted by Gasteiger charge is 2.38. The minimum absolute atomic E-state index is 0. The van der Waals surface area contributed by atoms with Gasteiger partial charge in [-0.25, -0.2) is 15.0 Å². The number of pyridine rings is 1. The Bertz CT molecular complexity index is 1160. The molecule has 3 heterocycles. The maximum absolute atomic E-state index is 13.6. The molecule has 3 aromatic rings. The first-order valence-corrected chi connectivity index (χ1v) is 9.30. The molecule has 176 valence electrons. The van der Waals surface area contributed by atoms with Gasteiger partial charge in [0.1, 0.15) is 29.6 Å². The number of H-pyrrole nitrogens is 1. The zero-order chi connectivity index (χ0) is 23.8. The fourth-order valence-electron chi connectivity index (χ4n) is 2.83. The van der Waals surface area contributed by atoms with Gasteiger partial charge in [0.15, 0.2) is 5.82 Å². The number of hydrogen-bond acceptors (Lipinski definition) is 5. The van der Waals surface area contributed by atoms with Crippen molar-refractivity contribution in [3.8, 4) is 11.4 Å². The molecular formula is C18H19ClF6N6O. The summed E-state index contributed by atoms with van der Waals surface area (Å²) in [7, 11) is 1.12. The zero-order valence-electron chi connectivity index (χ0n) is 16.4. The van der Waals surface area contributed by atoms with Crippen LogP contribution in [0.25, 0.3) is 22.4 Å². The van der Waals surface area contributed by atoms with Crippen molar-refractivity contribution in [2.75, 3.05) is 18.5 Å². The van der Waals surface area contributed by atoms with E-state index >= 15 is 0 Å². The van der Waals surface area contributed by atoms with Gasteiger partial charge in [-0.1, -0.05) is 11.6 Å². The predicted molar refractivity (Wildman–Crippen MR) is 108 cm³/mol. The number of amides is 1. The lowest BCUT2D eigenvalue weighted by Crippen LogP contribution is -2.46. The first-order chi connectivity index (χ1) is 14.8. The second kappa shape index (κ2) is 8.45. The van der Waals surface area contributed by atoms with Gasteiger partial charge in [-0.05, 0) is 13.0 Å². The van der Waals surface area contributed by atoms with Crippen LogP contribution < -0.4 is 10.2 Å². The Balaban J connectivity index is 0.00000289. The summed E-state index contributed by atoms with van der Waals surface area (Å²) < 4.78 is 77.8. The number of alkyl halides is 6. The van der Waals surface area contributed by atoms with Crippen molar-refractivity contribution in [3.05, 3.63) is 35.2 Å². The van der Waals surface area contributed by atoms with E-state index < -0.39 is 42.2 Å². The molecule has 0 saturated carbocycles. The summed E-state index contributed by atoms with van der Waals surface area (Å²) in [5.74, 6) is -1.93. The molecule has 0 bridgehead atoms. The lowest BCUT2D eigenvalue weighted by atomic mass is 10.2. The topological polar surface area (TPSA) is 86.8 Å². The van der Waals surface area contributed by atoms with E-state index in [4.69, 9.17) is 11.6 Å². The quantitative estimate of drug-likeness (QED) is 0.513. The third kappa shape index (κ3) is 5.03. The molecule has 3 aromatic heterocycles. The van der Waals surface area contributed by atoms with Crippen LogP contribution in [0.15, 0.2) is 24.7 Å². The van der Waals surface area contributed by atoms with E-state index in [9.17, 15) is 31.1 Å². The Hall–Kier alpha value is -3.09. The van der Waals surface area contributed by atoms with Crippen molar-refractivity contribution in [3.63, 3.8) is 0 Å². The Labute approximate surface area is 184 Å². The molecule has 0 aliphatic carbocycles. The number of aromatic nitrogens is 4. The van der Waals surface area contributed by atoms with Crippen molar-refractivity contribution in [1.82, 2.24) is 25.3 Å². The Morgan fingerprint density at radius 2 is 1.94 bits per heavy atom. The van der Waals surface area contributed by atoms with Gasteiger partial charge in [0.05, 0.1) is 5.02 Å². The number of aromatic amines is 1. The molecule has 0 fully saturated rings. The van der Waals surface area contributed by atoms with Crippen molar-refractivity contribution >= 4 is 34.4 Å². The van der Waals surface area contributed by atoms with Crippen LogP contribution in [-0.4, -0.2) is 51.7 Å². The minimum atomic E-state index is -4.88. The van der Waals surface area contributed by atoms with E-state index in [1.165, 1.54) is 18.5 Å². The van der Waals surface area contributed by atoms with E-state index in [-0.39, 0.29) is 13.7 Å². The van der Waals surface area contributed by atoms with Crippen molar-refractivity contribution in [2.24, 2.45) is 0 Å². The number of nitrogens with one attached hydrogen (secondary N) is 2. The lowest BCUT2D eigenvalue weighted by molar-refractivity contribution is -0.139. The molecule has 3 rings (SSSR count). The van der Waals surface area contributed by atoms with Gasteiger partial charge < -0.3 is 15.2 Å². The minimum Gasteiger partial charge on any atom is -0.347 e. The first-order valence-electron chi connectivity index (χ1n) is 8.92. The summed E-state index contributed by atoms with van der Waals surface area (Å²) in [6.45, 7) is -0.461. The summed E-state index contributed by atoms with van der Waals surface area (Å²) in [5, 5.41) is 2.37. The standard InChI is InChI=1S/C18H15ClF6N6O.2H2/c1-8(16(32)29-7-17(20,21)22)31(2)15-12(18(23,24)25)6-28-14(30-15)11-5-27-13-10(11)3-9(19)4-26-13;;/h3-6,8H,7H2,1-2H3,(H,26,27)(H,29,32);2*1H/t8-;;/m0../s1. The second-order valence-electron chi connectivity index (χ2n) is 6.80. The normalized spacial score (nSPS) is 13.3. The van der Waals surface area contributed by atoms with E-state index in [1.54, 1.807) is 5.32 Å². The van der Waals surface area contributed by atoms with Crippen LogP contribution in [0.3, 0.4) is 0 Å². The maximum atomic E-state index is 13.6. The average molecular weight is 485 g/mol. The fraction of sp³-hybridized carbons (Fsp3) is 0.333. The number of anilines is 1. The molecule has 14 heteroatoms. The first kappa shape index (κ1) is 23.6.